The van der Waals surface area contributed by atoms with Gasteiger partial charge in [0.25, 0.3) is 0 Å². The number of para-hydroxylation sites is 2. The number of piperidine rings is 1. The molecule has 0 aliphatic carbocycles. The van der Waals surface area contributed by atoms with Gasteiger partial charge >= 0.3 is 0 Å². The summed E-state index contributed by atoms with van der Waals surface area (Å²) in [6.07, 6.45) is 3.45. The molecule has 0 unspecified atom stereocenters. The number of nitrogens with zero attached hydrogens (tertiary/aromatic N) is 3. The highest BCUT2D eigenvalue weighted by Crippen LogP contribution is 2.27. The number of carbonyl (C=O) groups is 1. The lowest BCUT2D eigenvalue weighted by atomic mass is 10.1. The molecule has 2 heterocycles. The molecule has 1 aliphatic rings. The van der Waals surface area contributed by atoms with Crippen molar-refractivity contribution in [2.24, 2.45) is 0 Å². The Morgan fingerprint density at radius 1 is 1.00 bits per heavy atom. The topological polar surface area (TPSA) is 38.1 Å². The Labute approximate surface area is 148 Å². The summed E-state index contributed by atoms with van der Waals surface area (Å²) in [7, 11) is 0. The largest absolute Gasteiger partial charge is 0.341 e. The standard InChI is InChI=1S/C21H23N3O/c1-16-9-3-4-10-17(16)21-22-18-11-5-6-12-19(18)24(21)15-20(25)23-13-7-2-8-14-23/h3-6,9-12H,2,7-8,13-15H2,1H3. The summed E-state index contributed by atoms with van der Waals surface area (Å²) in [5.74, 6) is 1.07. The molecule has 4 nitrogen and oxygen atoms in total. The first-order valence-electron chi connectivity index (χ1n) is 9.03. The van der Waals surface area contributed by atoms with E-state index in [-0.39, 0.29) is 5.91 Å². The van der Waals surface area contributed by atoms with Crippen molar-refractivity contribution in [3.8, 4) is 11.4 Å². The molecule has 0 radical (unpaired) electrons. The number of hydrogen-bond donors (Lipinski definition) is 0. The van der Waals surface area contributed by atoms with Gasteiger partial charge in [0.05, 0.1) is 11.0 Å². The maximum absolute atomic E-state index is 12.9. The van der Waals surface area contributed by atoms with Crippen molar-refractivity contribution in [1.29, 1.82) is 0 Å². The Hall–Kier alpha value is -2.62. The quantitative estimate of drug-likeness (QED) is 0.726. The number of carbonyl (C=O) groups excluding carboxylic acids is 1. The molecule has 0 spiro atoms. The van der Waals surface area contributed by atoms with Crippen LogP contribution in [-0.4, -0.2) is 33.4 Å². The molecule has 25 heavy (non-hydrogen) atoms. The van der Waals surface area contributed by atoms with Crippen LogP contribution in [0.3, 0.4) is 0 Å². The van der Waals surface area contributed by atoms with Gasteiger partial charge in [-0.05, 0) is 43.9 Å². The third-order valence-electron chi connectivity index (χ3n) is 5.04. The zero-order chi connectivity index (χ0) is 17.2. The highest BCUT2D eigenvalue weighted by Gasteiger charge is 2.20. The van der Waals surface area contributed by atoms with Crippen LogP contribution >= 0.6 is 0 Å². The van der Waals surface area contributed by atoms with Gasteiger partial charge in [-0.3, -0.25) is 4.79 Å². The zero-order valence-electron chi connectivity index (χ0n) is 14.6. The molecule has 4 heteroatoms. The summed E-state index contributed by atoms with van der Waals surface area (Å²) in [5, 5.41) is 0. The molecule has 1 fully saturated rings. The number of likely N-dealkylation sites (tertiary alicyclic amines) is 1. The molecule has 1 saturated heterocycles. The fourth-order valence-corrected chi connectivity index (χ4v) is 3.64. The van der Waals surface area contributed by atoms with E-state index in [0.717, 1.165) is 48.4 Å². The number of rotatable bonds is 3. The summed E-state index contributed by atoms with van der Waals surface area (Å²) in [4.78, 5) is 19.7. The minimum absolute atomic E-state index is 0.192. The molecule has 2 aromatic carbocycles. The first-order valence-corrected chi connectivity index (χ1v) is 9.03. The van der Waals surface area contributed by atoms with Crippen LogP contribution in [0, 0.1) is 6.92 Å². The van der Waals surface area contributed by atoms with E-state index in [1.165, 1.54) is 12.0 Å². The Bertz CT molecular complexity index is 906. The summed E-state index contributed by atoms with van der Waals surface area (Å²) < 4.78 is 2.08. The summed E-state index contributed by atoms with van der Waals surface area (Å²) in [6, 6.07) is 16.3. The van der Waals surface area contributed by atoms with Crippen LogP contribution in [0.1, 0.15) is 24.8 Å². The molecule has 1 aromatic heterocycles. The van der Waals surface area contributed by atoms with Crippen molar-refractivity contribution >= 4 is 16.9 Å². The number of imidazole rings is 1. The van der Waals surface area contributed by atoms with E-state index in [2.05, 4.69) is 23.6 Å². The second kappa shape index (κ2) is 6.71. The number of fused-ring (bicyclic) bond motifs is 1. The van der Waals surface area contributed by atoms with Crippen molar-refractivity contribution in [2.45, 2.75) is 32.7 Å². The molecule has 0 bridgehead atoms. The smallest absolute Gasteiger partial charge is 0.242 e. The molecule has 1 aliphatic heterocycles. The number of hydrogen-bond acceptors (Lipinski definition) is 2. The number of aromatic nitrogens is 2. The van der Waals surface area contributed by atoms with Crippen LogP contribution in [0.15, 0.2) is 48.5 Å². The van der Waals surface area contributed by atoms with Crippen molar-refractivity contribution in [3.63, 3.8) is 0 Å². The Balaban J connectivity index is 1.77. The van der Waals surface area contributed by atoms with Gasteiger partial charge in [-0.15, -0.1) is 0 Å². The average Bonchev–Trinajstić information content (AvgIpc) is 3.01. The molecule has 3 aromatic rings. The Morgan fingerprint density at radius 2 is 1.72 bits per heavy atom. The predicted molar refractivity (Wildman–Crippen MR) is 100 cm³/mol. The molecule has 4 rings (SSSR count). The van der Waals surface area contributed by atoms with E-state index >= 15 is 0 Å². The summed E-state index contributed by atoms with van der Waals surface area (Å²) in [6.45, 7) is 4.20. The number of aryl methyl sites for hydroxylation is 1. The fourth-order valence-electron chi connectivity index (χ4n) is 3.64. The maximum Gasteiger partial charge on any atom is 0.242 e. The van der Waals surface area contributed by atoms with Gasteiger partial charge in [-0.25, -0.2) is 4.98 Å². The van der Waals surface area contributed by atoms with Crippen molar-refractivity contribution in [3.05, 3.63) is 54.1 Å². The zero-order valence-corrected chi connectivity index (χ0v) is 14.6. The molecule has 128 valence electrons. The highest BCUT2D eigenvalue weighted by atomic mass is 16.2. The minimum Gasteiger partial charge on any atom is -0.341 e. The van der Waals surface area contributed by atoms with Gasteiger partial charge in [0.15, 0.2) is 0 Å². The van der Waals surface area contributed by atoms with Gasteiger partial charge in [0.2, 0.25) is 5.91 Å². The fraction of sp³-hybridized carbons (Fsp3) is 0.333. The van der Waals surface area contributed by atoms with Crippen LogP contribution in [0.25, 0.3) is 22.4 Å². The van der Waals surface area contributed by atoms with Gasteiger partial charge in [-0.2, -0.15) is 0 Å². The van der Waals surface area contributed by atoms with Gasteiger partial charge in [0.1, 0.15) is 12.4 Å². The normalized spacial score (nSPS) is 14.8. The third-order valence-corrected chi connectivity index (χ3v) is 5.04. The monoisotopic (exact) mass is 333 g/mol. The second-order valence-electron chi connectivity index (χ2n) is 6.77. The van der Waals surface area contributed by atoms with Crippen LogP contribution in [0.2, 0.25) is 0 Å². The van der Waals surface area contributed by atoms with Crippen molar-refractivity contribution in [1.82, 2.24) is 14.5 Å². The molecule has 0 saturated carbocycles. The lowest BCUT2D eigenvalue weighted by Gasteiger charge is -2.27. The van der Waals surface area contributed by atoms with E-state index in [1.54, 1.807) is 0 Å². The molecular weight excluding hydrogens is 310 g/mol. The van der Waals surface area contributed by atoms with E-state index < -0.39 is 0 Å². The van der Waals surface area contributed by atoms with Crippen LogP contribution in [0.4, 0.5) is 0 Å². The average molecular weight is 333 g/mol. The lowest BCUT2D eigenvalue weighted by molar-refractivity contribution is -0.132. The SMILES string of the molecule is Cc1ccccc1-c1nc2ccccc2n1CC(=O)N1CCCCC1. The van der Waals surface area contributed by atoms with Crippen molar-refractivity contribution < 1.29 is 4.79 Å². The first kappa shape index (κ1) is 15.9. The molecule has 1 amide bonds. The predicted octanol–water partition coefficient (Wildman–Crippen LogP) is 4.02. The van der Waals surface area contributed by atoms with Crippen LogP contribution < -0.4 is 0 Å². The van der Waals surface area contributed by atoms with E-state index in [9.17, 15) is 4.79 Å². The number of benzene rings is 2. The van der Waals surface area contributed by atoms with E-state index in [4.69, 9.17) is 4.98 Å². The third kappa shape index (κ3) is 3.04. The van der Waals surface area contributed by atoms with E-state index in [0.29, 0.717) is 6.54 Å². The second-order valence-corrected chi connectivity index (χ2v) is 6.77. The maximum atomic E-state index is 12.9. The van der Waals surface area contributed by atoms with Crippen molar-refractivity contribution in [2.75, 3.05) is 13.1 Å². The van der Waals surface area contributed by atoms with Crippen LogP contribution in [-0.2, 0) is 11.3 Å². The Kier molecular flexibility index (Phi) is 4.26. The summed E-state index contributed by atoms with van der Waals surface area (Å²) >= 11 is 0. The Morgan fingerprint density at radius 3 is 2.52 bits per heavy atom. The lowest BCUT2D eigenvalue weighted by Crippen LogP contribution is -2.37. The van der Waals surface area contributed by atoms with E-state index in [1.807, 2.05) is 41.3 Å². The highest BCUT2D eigenvalue weighted by molar-refractivity contribution is 5.85. The summed E-state index contributed by atoms with van der Waals surface area (Å²) in [5.41, 5.74) is 4.22. The first-order chi connectivity index (χ1) is 12.2. The van der Waals surface area contributed by atoms with Gasteiger partial charge in [-0.1, -0.05) is 36.4 Å². The number of amides is 1. The molecule has 0 N–H and O–H groups in total. The molecular formula is C21H23N3O. The van der Waals surface area contributed by atoms with Gasteiger partial charge < -0.3 is 9.47 Å². The van der Waals surface area contributed by atoms with Gasteiger partial charge in [0, 0.05) is 18.7 Å². The van der Waals surface area contributed by atoms with Crippen LogP contribution in [0.5, 0.6) is 0 Å². The molecule has 0 atom stereocenters. The minimum atomic E-state index is 0.192.